The van der Waals surface area contributed by atoms with Gasteiger partial charge in [0.05, 0.1) is 42.5 Å². The summed E-state index contributed by atoms with van der Waals surface area (Å²) in [6, 6.07) is 0.514. The Kier molecular flexibility index (Phi) is 5.01. The molecule has 0 radical (unpaired) electrons. The topological polar surface area (TPSA) is 81.9 Å². The van der Waals surface area contributed by atoms with Crippen LogP contribution in [0.4, 0.5) is 14.7 Å². The smallest absolute Gasteiger partial charge is 0.227 e. The standard InChI is InChI=1S/C23H27F2N7O/c1-12-13(2)28-22-21(27-12)20(14-7-17(24)18(25)8-14)29-23(30-22)31-5-6-33-19(11-31)15-9-26-32(10-15)16-3-4-16/h9-10,14,16-19H,3-8,11H2,1-2H3/t14?,17-,18+,19-/m0/s1. The first-order chi connectivity index (χ1) is 16.0. The average molecular weight is 456 g/mol. The molecule has 0 bridgehead atoms. The SMILES string of the molecule is Cc1nc2nc(N3CCO[C@H](c4cnn(C5CC5)c4)C3)nc(C3C[C@@H](F)[C@@H](F)C3)c2nc1C. The number of alkyl halides is 2. The molecule has 3 fully saturated rings. The molecule has 3 aliphatic rings. The molecule has 2 saturated carbocycles. The van der Waals surface area contributed by atoms with Gasteiger partial charge in [-0.25, -0.2) is 23.7 Å². The van der Waals surface area contributed by atoms with Crippen molar-refractivity contribution in [3.8, 4) is 0 Å². The van der Waals surface area contributed by atoms with Gasteiger partial charge in [-0.05, 0) is 39.5 Å². The highest BCUT2D eigenvalue weighted by Gasteiger charge is 2.38. The summed E-state index contributed by atoms with van der Waals surface area (Å²) >= 11 is 0. The van der Waals surface area contributed by atoms with Crippen LogP contribution in [0.1, 0.15) is 66.4 Å². The molecule has 174 valence electrons. The third-order valence-corrected chi connectivity index (χ3v) is 7.02. The fourth-order valence-corrected chi connectivity index (χ4v) is 4.80. The molecule has 0 amide bonds. The Bertz CT molecular complexity index is 1190. The third kappa shape index (κ3) is 3.84. The second-order valence-corrected chi connectivity index (χ2v) is 9.47. The van der Waals surface area contributed by atoms with Gasteiger partial charge >= 0.3 is 0 Å². The van der Waals surface area contributed by atoms with Crippen LogP contribution in [0.2, 0.25) is 0 Å². The van der Waals surface area contributed by atoms with E-state index in [4.69, 9.17) is 14.7 Å². The minimum atomic E-state index is -1.47. The van der Waals surface area contributed by atoms with Gasteiger partial charge in [0.1, 0.15) is 24.0 Å². The zero-order valence-corrected chi connectivity index (χ0v) is 18.8. The maximum Gasteiger partial charge on any atom is 0.227 e. The molecule has 4 atom stereocenters. The molecule has 6 rings (SSSR count). The molecule has 2 aliphatic carbocycles. The number of fused-ring (bicyclic) bond motifs is 1. The molecule has 3 aromatic heterocycles. The minimum Gasteiger partial charge on any atom is -0.370 e. The van der Waals surface area contributed by atoms with Crippen molar-refractivity contribution in [1.29, 1.82) is 0 Å². The Morgan fingerprint density at radius 3 is 2.52 bits per heavy atom. The van der Waals surface area contributed by atoms with Crippen LogP contribution in [-0.4, -0.2) is 61.8 Å². The number of rotatable bonds is 4. The van der Waals surface area contributed by atoms with Crippen LogP contribution in [0, 0.1) is 13.8 Å². The number of aryl methyl sites for hydroxylation is 2. The zero-order chi connectivity index (χ0) is 22.7. The molecule has 0 aromatic carbocycles. The first kappa shape index (κ1) is 20.8. The van der Waals surface area contributed by atoms with E-state index in [1.165, 1.54) is 12.8 Å². The monoisotopic (exact) mass is 455 g/mol. The van der Waals surface area contributed by atoms with Gasteiger partial charge in [0.25, 0.3) is 0 Å². The van der Waals surface area contributed by atoms with Crippen LogP contribution in [-0.2, 0) is 4.74 Å². The van der Waals surface area contributed by atoms with E-state index in [-0.39, 0.29) is 24.9 Å². The van der Waals surface area contributed by atoms with Crippen molar-refractivity contribution in [2.75, 3.05) is 24.6 Å². The van der Waals surface area contributed by atoms with Crippen molar-refractivity contribution in [3.63, 3.8) is 0 Å². The van der Waals surface area contributed by atoms with Gasteiger partial charge in [0.2, 0.25) is 5.95 Å². The highest BCUT2D eigenvalue weighted by atomic mass is 19.2. The van der Waals surface area contributed by atoms with Crippen LogP contribution >= 0.6 is 0 Å². The fraction of sp³-hybridized carbons (Fsp3) is 0.609. The molecule has 3 aromatic rings. The molecule has 8 nitrogen and oxygen atoms in total. The summed E-state index contributed by atoms with van der Waals surface area (Å²) in [5.74, 6) is 0.167. The van der Waals surface area contributed by atoms with Crippen molar-refractivity contribution in [2.24, 2.45) is 0 Å². The summed E-state index contributed by atoms with van der Waals surface area (Å²) in [6.07, 6.45) is 3.41. The first-order valence-corrected chi connectivity index (χ1v) is 11.7. The van der Waals surface area contributed by atoms with E-state index < -0.39 is 12.3 Å². The van der Waals surface area contributed by atoms with Gasteiger partial charge in [-0.1, -0.05) is 0 Å². The lowest BCUT2D eigenvalue weighted by Crippen LogP contribution is -2.39. The number of hydrogen-bond acceptors (Lipinski definition) is 7. The first-order valence-electron chi connectivity index (χ1n) is 11.7. The fourth-order valence-electron chi connectivity index (χ4n) is 4.80. The van der Waals surface area contributed by atoms with E-state index in [1.54, 1.807) is 0 Å². The van der Waals surface area contributed by atoms with Crippen LogP contribution in [0.3, 0.4) is 0 Å². The molecular weight excluding hydrogens is 428 g/mol. The zero-order valence-electron chi connectivity index (χ0n) is 18.8. The number of halogens is 2. The normalized spacial score (nSPS) is 28.1. The van der Waals surface area contributed by atoms with Crippen molar-refractivity contribution in [3.05, 3.63) is 35.0 Å². The number of hydrogen-bond donors (Lipinski definition) is 0. The Balaban J connectivity index is 1.35. The summed E-state index contributed by atoms with van der Waals surface area (Å²) in [5.41, 5.74) is 4.20. The number of ether oxygens (including phenoxy) is 1. The second-order valence-electron chi connectivity index (χ2n) is 9.47. The maximum atomic E-state index is 14.1. The molecule has 1 saturated heterocycles. The number of nitrogens with zero attached hydrogens (tertiary/aromatic N) is 7. The van der Waals surface area contributed by atoms with E-state index in [1.807, 2.05) is 24.7 Å². The molecule has 1 aliphatic heterocycles. The maximum absolute atomic E-state index is 14.1. The van der Waals surface area contributed by atoms with Gasteiger partial charge in [0.15, 0.2) is 5.65 Å². The molecule has 33 heavy (non-hydrogen) atoms. The lowest BCUT2D eigenvalue weighted by molar-refractivity contribution is 0.0392. The van der Waals surface area contributed by atoms with E-state index in [9.17, 15) is 8.78 Å². The number of morpholine rings is 1. The second kappa shape index (κ2) is 7.93. The van der Waals surface area contributed by atoms with Gasteiger partial charge in [0, 0.05) is 24.2 Å². The number of aromatic nitrogens is 6. The largest absolute Gasteiger partial charge is 0.370 e. The average Bonchev–Trinajstić information content (AvgIpc) is 3.44. The predicted octanol–water partition coefficient (Wildman–Crippen LogP) is 3.70. The molecule has 10 heteroatoms. The molecular formula is C23H27F2N7O. The van der Waals surface area contributed by atoms with Crippen LogP contribution in [0.25, 0.3) is 11.2 Å². The predicted molar refractivity (Wildman–Crippen MR) is 118 cm³/mol. The van der Waals surface area contributed by atoms with E-state index in [0.717, 1.165) is 17.0 Å². The van der Waals surface area contributed by atoms with E-state index in [0.29, 0.717) is 48.5 Å². The van der Waals surface area contributed by atoms with E-state index >= 15 is 0 Å². The van der Waals surface area contributed by atoms with Crippen molar-refractivity contribution >= 4 is 17.1 Å². The minimum absolute atomic E-state index is 0.105. The highest BCUT2D eigenvalue weighted by molar-refractivity contribution is 5.75. The van der Waals surface area contributed by atoms with Crippen LogP contribution in [0.5, 0.6) is 0 Å². The van der Waals surface area contributed by atoms with Gasteiger partial charge in [-0.15, -0.1) is 0 Å². The Morgan fingerprint density at radius 1 is 1.00 bits per heavy atom. The lowest BCUT2D eigenvalue weighted by Gasteiger charge is -2.33. The summed E-state index contributed by atoms with van der Waals surface area (Å²) in [5, 5.41) is 4.49. The van der Waals surface area contributed by atoms with Gasteiger partial charge < -0.3 is 9.64 Å². The quantitative estimate of drug-likeness (QED) is 0.593. The summed E-state index contributed by atoms with van der Waals surface area (Å²) in [4.78, 5) is 20.9. The Morgan fingerprint density at radius 2 is 1.76 bits per heavy atom. The molecule has 4 heterocycles. The van der Waals surface area contributed by atoms with Crippen LogP contribution in [0.15, 0.2) is 12.4 Å². The van der Waals surface area contributed by atoms with Gasteiger partial charge in [-0.3, -0.25) is 4.68 Å². The number of anilines is 1. The summed E-state index contributed by atoms with van der Waals surface area (Å²) < 4.78 is 36.2. The Hall–Kier alpha value is -2.75. The van der Waals surface area contributed by atoms with Crippen molar-refractivity contribution < 1.29 is 13.5 Å². The molecule has 1 unspecified atom stereocenters. The van der Waals surface area contributed by atoms with E-state index in [2.05, 4.69) is 26.2 Å². The van der Waals surface area contributed by atoms with Crippen molar-refractivity contribution in [2.45, 2.75) is 69.9 Å². The summed E-state index contributed by atoms with van der Waals surface area (Å²) in [6.45, 7) is 5.48. The lowest BCUT2D eigenvalue weighted by atomic mass is 10.0. The Labute approximate surface area is 190 Å². The van der Waals surface area contributed by atoms with Crippen LogP contribution < -0.4 is 4.90 Å². The van der Waals surface area contributed by atoms with Crippen molar-refractivity contribution in [1.82, 2.24) is 29.7 Å². The third-order valence-electron chi connectivity index (χ3n) is 7.02. The molecule has 0 spiro atoms. The molecule has 0 N–H and O–H groups in total. The highest BCUT2D eigenvalue weighted by Crippen LogP contribution is 2.40. The summed E-state index contributed by atoms with van der Waals surface area (Å²) in [7, 11) is 0. The van der Waals surface area contributed by atoms with Gasteiger partial charge in [-0.2, -0.15) is 10.1 Å².